The highest BCUT2D eigenvalue weighted by Crippen LogP contribution is 2.23. The minimum absolute atomic E-state index is 0.0437. The van der Waals surface area contributed by atoms with Crippen LogP contribution in [0.4, 0.5) is 0 Å². The molecule has 1 saturated heterocycles. The van der Waals surface area contributed by atoms with E-state index in [2.05, 4.69) is 0 Å². The van der Waals surface area contributed by atoms with E-state index in [9.17, 15) is 9.90 Å². The molecule has 19 heavy (non-hydrogen) atoms. The molecule has 1 amide bonds. The minimum Gasteiger partial charge on any atom is -0.508 e. The summed E-state index contributed by atoms with van der Waals surface area (Å²) >= 11 is 5.99. The van der Waals surface area contributed by atoms with Gasteiger partial charge in [0.2, 0.25) is 0 Å². The molecule has 0 spiro atoms. The van der Waals surface area contributed by atoms with Gasteiger partial charge < -0.3 is 14.7 Å². The number of carbonyl (C=O) groups is 1. The van der Waals surface area contributed by atoms with Gasteiger partial charge in [-0.3, -0.25) is 4.79 Å². The van der Waals surface area contributed by atoms with Crippen LogP contribution in [0, 0.1) is 5.92 Å². The topological polar surface area (TPSA) is 49.8 Å². The van der Waals surface area contributed by atoms with Crippen molar-refractivity contribution in [3.05, 3.63) is 28.8 Å². The Morgan fingerprint density at radius 1 is 1.58 bits per heavy atom. The van der Waals surface area contributed by atoms with Gasteiger partial charge in [-0.1, -0.05) is 11.6 Å². The van der Waals surface area contributed by atoms with Crippen molar-refractivity contribution in [2.24, 2.45) is 5.92 Å². The van der Waals surface area contributed by atoms with E-state index in [1.807, 2.05) is 0 Å². The summed E-state index contributed by atoms with van der Waals surface area (Å²) in [6.07, 6.45) is 2.12. The van der Waals surface area contributed by atoms with Crippen LogP contribution in [0.5, 0.6) is 5.75 Å². The van der Waals surface area contributed by atoms with Gasteiger partial charge in [0.1, 0.15) is 5.75 Å². The Balaban J connectivity index is 2.03. The predicted molar refractivity (Wildman–Crippen MR) is 73.6 cm³/mol. The summed E-state index contributed by atoms with van der Waals surface area (Å²) in [4.78, 5) is 13.9. The van der Waals surface area contributed by atoms with Crippen molar-refractivity contribution in [2.75, 3.05) is 26.8 Å². The van der Waals surface area contributed by atoms with E-state index in [-0.39, 0.29) is 11.7 Å². The van der Waals surface area contributed by atoms with Gasteiger partial charge in [-0.05, 0) is 37.0 Å². The molecule has 0 saturated carbocycles. The molecule has 1 aromatic carbocycles. The Labute approximate surface area is 117 Å². The van der Waals surface area contributed by atoms with Crippen molar-refractivity contribution in [3.63, 3.8) is 0 Å². The molecule has 2 rings (SSSR count). The third-order valence-electron chi connectivity index (χ3n) is 3.31. The van der Waals surface area contributed by atoms with Gasteiger partial charge in [0.15, 0.2) is 0 Å². The Morgan fingerprint density at radius 3 is 3.05 bits per heavy atom. The summed E-state index contributed by atoms with van der Waals surface area (Å²) in [6.45, 7) is 2.16. The van der Waals surface area contributed by atoms with Crippen LogP contribution in [0.1, 0.15) is 23.2 Å². The van der Waals surface area contributed by atoms with Crippen molar-refractivity contribution in [1.29, 1.82) is 0 Å². The summed E-state index contributed by atoms with van der Waals surface area (Å²) in [5.41, 5.74) is 0.334. The van der Waals surface area contributed by atoms with E-state index < -0.39 is 0 Å². The number of halogens is 1. The van der Waals surface area contributed by atoms with Gasteiger partial charge in [0.25, 0.3) is 5.91 Å². The molecule has 1 heterocycles. The molecule has 1 unspecified atom stereocenters. The highest BCUT2D eigenvalue weighted by Gasteiger charge is 2.21. The SMILES string of the molecule is CN(CC1CCCOC1)C(=O)c1cc(O)ccc1Cl. The van der Waals surface area contributed by atoms with Crippen LogP contribution in [0.15, 0.2) is 18.2 Å². The number of hydrogen-bond acceptors (Lipinski definition) is 3. The molecule has 0 radical (unpaired) electrons. The fourth-order valence-corrected chi connectivity index (χ4v) is 2.50. The average molecular weight is 284 g/mol. The van der Waals surface area contributed by atoms with Crippen molar-refractivity contribution in [2.45, 2.75) is 12.8 Å². The number of phenols is 1. The van der Waals surface area contributed by atoms with E-state index in [4.69, 9.17) is 16.3 Å². The second kappa shape index (κ2) is 6.26. The molecular formula is C14H18ClNO3. The predicted octanol–water partition coefficient (Wildman–Crippen LogP) is 2.54. The third kappa shape index (κ3) is 3.61. The number of nitrogens with zero attached hydrogens (tertiary/aromatic N) is 1. The monoisotopic (exact) mass is 283 g/mol. The fourth-order valence-electron chi connectivity index (χ4n) is 2.30. The Morgan fingerprint density at radius 2 is 2.37 bits per heavy atom. The molecule has 1 aromatic rings. The van der Waals surface area contributed by atoms with Crippen LogP contribution in [-0.4, -0.2) is 42.7 Å². The molecular weight excluding hydrogens is 266 g/mol. The van der Waals surface area contributed by atoms with Crippen LogP contribution in [-0.2, 0) is 4.74 Å². The van der Waals surface area contributed by atoms with E-state index in [1.165, 1.54) is 18.2 Å². The van der Waals surface area contributed by atoms with E-state index in [0.717, 1.165) is 19.4 Å². The van der Waals surface area contributed by atoms with Crippen molar-refractivity contribution in [3.8, 4) is 5.75 Å². The molecule has 4 nitrogen and oxygen atoms in total. The number of carbonyl (C=O) groups excluding carboxylic acids is 1. The Kier molecular flexibility index (Phi) is 4.66. The van der Waals surface area contributed by atoms with Crippen molar-refractivity contribution < 1.29 is 14.6 Å². The maximum absolute atomic E-state index is 12.3. The van der Waals surface area contributed by atoms with Gasteiger partial charge in [-0.25, -0.2) is 0 Å². The molecule has 1 aliphatic heterocycles. The van der Waals surface area contributed by atoms with Crippen LogP contribution in [0.3, 0.4) is 0 Å². The fraction of sp³-hybridized carbons (Fsp3) is 0.500. The molecule has 104 valence electrons. The van der Waals surface area contributed by atoms with Crippen LogP contribution in [0.25, 0.3) is 0 Å². The lowest BCUT2D eigenvalue weighted by Gasteiger charge is -2.27. The van der Waals surface area contributed by atoms with Crippen LogP contribution >= 0.6 is 11.6 Å². The summed E-state index contributed by atoms with van der Waals surface area (Å²) in [6, 6.07) is 4.40. The quantitative estimate of drug-likeness (QED) is 0.927. The van der Waals surface area contributed by atoms with E-state index in [0.29, 0.717) is 29.7 Å². The molecule has 1 fully saturated rings. The number of benzene rings is 1. The molecule has 0 aliphatic carbocycles. The van der Waals surface area contributed by atoms with Crippen LogP contribution < -0.4 is 0 Å². The number of amides is 1. The van der Waals surface area contributed by atoms with Gasteiger partial charge in [0.05, 0.1) is 17.2 Å². The number of phenolic OH excluding ortho intramolecular Hbond substituents is 1. The first-order valence-electron chi connectivity index (χ1n) is 6.39. The summed E-state index contributed by atoms with van der Waals surface area (Å²) in [7, 11) is 1.75. The zero-order valence-electron chi connectivity index (χ0n) is 10.9. The second-order valence-electron chi connectivity index (χ2n) is 4.93. The first kappa shape index (κ1) is 14.2. The van der Waals surface area contributed by atoms with Gasteiger partial charge in [0, 0.05) is 20.2 Å². The second-order valence-corrected chi connectivity index (χ2v) is 5.34. The van der Waals surface area contributed by atoms with Gasteiger partial charge in [-0.15, -0.1) is 0 Å². The summed E-state index contributed by atoms with van der Waals surface area (Å²) in [5, 5.41) is 9.80. The van der Waals surface area contributed by atoms with Gasteiger partial charge >= 0.3 is 0 Å². The molecule has 1 aliphatic rings. The maximum atomic E-state index is 12.3. The number of rotatable bonds is 3. The number of aromatic hydroxyl groups is 1. The number of hydrogen-bond donors (Lipinski definition) is 1. The molecule has 1 N–H and O–H groups in total. The lowest BCUT2D eigenvalue weighted by atomic mass is 10.0. The minimum atomic E-state index is -0.175. The highest BCUT2D eigenvalue weighted by atomic mass is 35.5. The number of ether oxygens (including phenoxy) is 1. The lowest BCUT2D eigenvalue weighted by Crippen LogP contribution is -2.35. The zero-order valence-corrected chi connectivity index (χ0v) is 11.7. The van der Waals surface area contributed by atoms with Crippen molar-refractivity contribution >= 4 is 17.5 Å². The zero-order chi connectivity index (χ0) is 13.8. The van der Waals surface area contributed by atoms with E-state index >= 15 is 0 Å². The normalized spacial score (nSPS) is 19.2. The smallest absolute Gasteiger partial charge is 0.255 e. The molecule has 0 aromatic heterocycles. The maximum Gasteiger partial charge on any atom is 0.255 e. The standard InChI is InChI=1S/C14H18ClNO3/c1-16(8-10-3-2-6-19-9-10)14(18)12-7-11(17)4-5-13(12)15/h4-5,7,10,17H,2-3,6,8-9H2,1H3. The third-order valence-corrected chi connectivity index (χ3v) is 3.64. The Hall–Kier alpha value is -1.26. The van der Waals surface area contributed by atoms with Crippen LogP contribution in [0.2, 0.25) is 5.02 Å². The Bertz CT molecular complexity index is 458. The molecule has 5 heteroatoms. The largest absolute Gasteiger partial charge is 0.508 e. The highest BCUT2D eigenvalue weighted by molar-refractivity contribution is 6.33. The van der Waals surface area contributed by atoms with Crippen molar-refractivity contribution in [1.82, 2.24) is 4.90 Å². The summed E-state index contributed by atoms with van der Waals surface area (Å²) in [5.74, 6) is 0.243. The lowest BCUT2D eigenvalue weighted by molar-refractivity contribution is 0.0388. The van der Waals surface area contributed by atoms with E-state index in [1.54, 1.807) is 11.9 Å². The first-order valence-corrected chi connectivity index (χ1v) is 6.77. The molecule has 0 bridgehead atoms. The first-order chi connectivity index (χ1) is 9.08. The average Bonchev–Trinajstić information content (AvgIpc) is 2.42. The van der Waals surface area contributed by atoms with Gasteiger partial charge in [-0.2, -0.15) is 0 Å². The summed E-state index contributed by atoms with van der Waals surface area (Å²) < 4.78 is 5.41. The molecule has 1 atom stereocenters.